The van der Waals surface area contributed by atoms with Crippen LogP contribution in [-0.2, 0) is 4.79 Å². The third-order valence-electron chi connectivity index (χ3n) is 3.52. The van der Waals surface area contributed by atoms with Gasteiger partial charge < -0.3 is 15.2 Å². The molecule has 0 bridgehead atoms. The highest BCUT2D eigenvalue weighted by molar-refractivity contribution is 8.18. The Morgan fingerprint density at radius 1 is 1.30 bits per heavy atom. The Kier molecular flexibility index (Phi) is 5.41. The summed E-state index contributed by atoms with van der Waals surface area (Å²) in [4.78, 5) is 27.1. The van der Waals surface area contributed by atoms with Crippen LogP contribution in [0.1, 0.15) is 12.5 Å². The molecular formula is C18H15N3O5S. The number of hydrogen-bond acceptors (Lipinski definition) is 7. The first-order valence-electron chi connectivity index (χ1n) is 7.96. The minimum atomic E-state index is -0.683. The second-order valence-electron chi connectivity index (χ2n) is 5.41. The number of phenolic OH excluding ortho intramolecular Hbond substituents is 1. The van der Waals surface area contributed by atoms with Gasteiger partial charge in [0.05, 0.1) is 22.1 Å². The summed E-state index contributed by atoms with van der Waals surface area (Å²) in [6, 6.07) is 11.0. The SMILES string of the molecule is CCOc1ccc(N=C2NC(=O)/C(=C/c3ccc(O)c([N+](=O)[O-])c3)S2)cc1. The van der Waals surface area contributed by atoms with Crippen LogP contribution in [0, 0.1) is 10.1 Å². The number of nitrogens with one attached hydrogen (secondary N) is 1. The maximum Gasteiger partial charge on any atom is 0.311 e. The first-order chi connectivity index (χ1) is 13.0. The molecular weight excluding hydrogens is 370 g/mol. The molecule has 0 atom stereocenters. The quantitative estimate of drug-likeness (QED) is 0.462. The van der Waals surface area contributed by atoms with E-state index in [1.807, 2.05) is 6.92 Å². The number of nitro benzene ring substituents is 1. The number of carbonyl (C=O) groups excluding carboxylic acids is 1. The zero-order chi connectivity index (χ0) is 19.4. The average Bonchev–Trinajstić information content (AvgIpc) is 2.97. The van der Waals surface area contributed by atoms with Gasteiger partial charge in [0.15, 0.2) is 10.9 Å². The number of aromatic hydroxyl groups is 1. The van der Waals surface area contributed by atoms with E-state index in [2.05, 4.69) is 10.3 Å². The molecule has 8 nitrogen and oxygen atoms in total. The van der Waals surface area contributed by atoms with Crippen LogP contribution >= 0.6 is 11.8 Å². The molecule has 138 valence electrons. The van der Waals surface area contributed by atoms with Crippen molar-refractivity contribution in [3.8, 4) is 11.5 Å². The molecule has 0 unspecified atom stereocenters. The van der Waals surface area contributed by atoms with Gasteiger partial charge in [-0.3, -0.25) is 14.9 Å². The van der Waals surface area contributed by atoms with Gasteiger partial charge in [-0.15, -0.1) is 0 Å². The molecule has 0 radical (unpaired) electrons. The molecule has 3 rings (SSSR count). The lowest BCUT2D eigenvalue weighted by Crippen LogP contribution is -2.19. The molecule has 9 heteroatoms. The molecule has 1 aliphatic rings. The Hall–Kier alpha value is -3.33. The molecule has 0 aromatic heterocycles. The number of phenols is 1. The first kappa shape index (κ1) is 18.5. The number of ether oxygens (including phenoxy) is 1. The fraction of sp³-hybridized carbons (Fsp3) is 0.111. The predicted molar refractivity (Wildman–Crippen MR) is 103 cm³/mol. The topological polar surface area (TPSA) is 114 Å². The minimum Gasteiger partial charge on any atom is -0.502 e. The van der Waals surface area contributed by atoms with Crippen LogP contribution in [0.4, 0.5) is 11.4 Å². The smallest absolute Gasteiger partial charge is 0.311 e. The maximum absolute atomic E-state index is 12.1. The summed E-state index contributed by atoms with van der Waals surface area (Å²) >= 11 is 1.13. The third-order valence-corrected chi connectivity index (χ3v) is 4.43. The monoisotopic (exact) mass is 385 g/mol. The van der Waals surface area contributed by atoms with E-state index in [-0.39, 0.29) is 5.91 Å². The van der Waals surface area contributed by atoms with Crippen molar-refractivity contribution < 1.29 is 19.6 Å². The van der Waals surface area contributed by atoms with Crippen LogP contribution in [0.15, 0.2) is 52.4 Å². The molecule has 0 spiro atoms. The number of amides is 1. The van der Waals surface area contributed by atoms with Gasteiger partial charge >= 0.3 is 5.69 Å². The Labute approximate surface area is 158 Å². The lowest BCUT2D eigenvalue weighted by molar-refractivity contribution is -0.385. The van der Waals surface area contributed by atoms with E-state index in [0.717, 1.165) is 17.5 Å². The van der Waals surface area contributed by atoms with Crippen molar-refractivity contribution in [2.75, 3.05) is 6.61 Å². The molecule has 0 saturated carbocycles. The van der Waals surface area contributed by atoms with Gasteiger partial charge in [-0.05, 0) is 60.7 Å². The normalized spacial score (nSPS) is 16.6. The average molecular weight is 385 g/mol. The van der Waals surface area contributed by atoms with Crippen LogP contribution < -0.4 is 10.1 Å². The molecule has 1 heterocycles. The second-order valence-corrected chi connectivity index (χ2v) is 6.44. The summed E-state index contributed by atoms with van der Waals surface area (Å²) in [6.07, 6.45) is 1.51. The number of thioether (sulfide) groups is 1. The van der Waals surface area contributed by atoms with Crippen molar-refractivity contribution in [2.24, 2.45) is 4.99 Å². The molecule has 0 aliphatic carbocycles. The molecule has 2 N–H and O–H groups in total. The van der Waals surface area contributed by atoms with Crippen molar-refractivity contribution >= 4 is 40.3 Å². The third kappa shape index (κ3) is 4.45. The number of rotatable bonds is 5. The van der Waals surface area contributed by atoms with Crippen LogP contribution in [0.5, 0.6) is 11.5 Å². The Morgan fingerprint density at radius 2 is 2.04 bits per heavy atom. The zero-order valence-corrected chi connectivity index (χ0v) is 15.0. The van der Waals surface area contributed by atoms with E-state index in [1.54, 1.807) is 24.3 Å². The van der Waals surface area contributed by atoms with Crippen molar-refractivity contribution in [3.05, 3.63) is 63.0 Å². The lowest BCUT2D eigenvalue weighted by atomic mass is 10.1. The van der Waals surface area contributed by atoms with Gasteiger partial charge in [-0.25, -0.2) is 4.99 Å². The van der Waals surface area contributed by atoms with E-state index >= 15 is 0 Å². The maximum atomic E-state index is 12.1. The molecule has 1 aliphatic heterocycles. The number of nitrogens with zero attached hydrogens (tertiary/aromatic N) is 2. The number of amidine groups is 1. The summed E-state index contributed by atoms with van der Waals surface area (Å²) in [5.41, 5.74) is 0.665. The number of nitro groups is 1. The van der Waals surface area contributed by atoms with Gasteiger partial charge in [-0.2, -0.15) is 0 Å². The summed E-state index contributed by atoms with van der Waals surface area (Å²) in [5.74, 6) is -0.0390. The van der Waals surface area contributed by atoms with Gasteiger partial charge in [0, 0.05) is 6.07 Å². The fourth-order valence-corrected chi connectivity index (χ4v) is 3.15. The molecule has 2 aromatic rings. The van der Waals surface area contributed by atoms with E-state index < -0.39 is 16.4 Å². The first-order valence-corrected chi connectivity index (χ1v) is 8.78. The van der Waals surface area contributed by atoms with Gasteiger partial charge in [0.2, 0.25) is 0 Å². The summed E-state index contributed by atoms with van der Waals surface area (Å²) in [6.45, 7) is 2.47. The van der Waals surface area contributed by atoms with Crippen LogP contribution in [0.2, 0.25) is 0 Å². The standard InChI is InChI=1S/C18H15N3O5S/c1-2-26-13-6-4-12(5-7-13)19-18-20-17(23)16(27-18)10-11-3-8-15(22)14(9-11)21(24)25/h3-10,22H,2H2,1H3,(H,19,20,23)/b16-10-. The highest BCUT2D eigenvalue weighted by Crippen LogP contribution is 2.31. The highest BCUT2D eigenvalue weighted by Gasteiger charge is 2.24. The Bertz CT molecular complexity index is 954. The minimum absolute atomic E-state index is 0.347. The van der Waals surface area contributed by atoms with Crippen molar-refractivity contribution in [2.45, 2.75) is 6.92 Å². The Morgan fingerprint density at radius 3 is 2.70 bits per heavy atom. The molecule has 1 amide bonds. The van der Waals surface area contributed by atoms with Crippen molar-refractivity contribution in [1.82, 2.24) is 5.32 Å². The highest BCUT2D eigenvalue weighted by atomic mass is 32.2. The van der Waals surface area contributed by atoms with Crippen molar-refractivity contribution in [1.29, 1.82) is 0 Å². The Balaban J connectivity index is 1.80. The fourth-order valence-electron chi connectivity index (χ4n) is 2.31. The van der Waals surface area contributed by atoms with E-state index in [0.29, 0.717) is 27.9 Å². The zero-order valence-electron chi connectivity index (χ0n) is 14.2. The largest absolute Gasteiger partial charge is 0.502 e. The van der Waals surface area contributed by atoms with E-state index in [4.69, 9.17) is 4.74 Å². The number of benzene rings is 2. The second kappa shape index (κ2) is 7.92. The van der Waals surface area contributed by atoms with E-state index in [1.165, 1.54) is 24.3 Å². The summed E-state index contributed by atoms with van der Waals surface area (Å²) in [7, 11) is 0. The molecule has 2 aromatic carbocycles. The van der Waals surface area contributed by atoms with Gasteiger partial charge in [-0.1, -0.05) is 6.07 Å². The van der Waals surface area contributed by atoms with Gasteiger partial charge in [0.25, 0.3) is 5.91 Å². The summed E-state index contributed by atoms with van der Waals surface area (Å²) < 4.78 is 5.37. The molecule has 1 fully saturated rings. The van der Waals surface area contributed by atoms with Crippen LogP contribution in [-0.4, -0.2) is 27.7 Å². The van der Waals surface area contributed by atoms with Crippen molar-refractivity contribution in [3.63, 3.8) is 0 Å². The molecule has 27 heavy (non-hydrogen) atoms. The van der Waals surface area contributed by atoms with Crippen LogP contribution in [0.25, 0.3) is 6.08 Å². The summed E-state index contributed by atoms with van der Waals surface area (Å²) in [5, 5.41) is 23.5. The predicted octanol–water partition coefficient (Wildman–Crippen LogP) is 3.59. The lowest BCUT2D eigenvalue weighted by Gasteiger charge is -2.02. The number of carbonyl (C=O) groups is 1. The molecule has 1 saturated heterocycles. The number of hydrogen-bond donors (Lipinski definition) is 2. The van der Waals surface area contributed by atoms with Gasteiger partial charge in [0.1, 0.15) is 5.75 Å². The van der Waals surface area contributed by atoms with Crippen LogP contribution in [0.3, 0.4) is 0 Å². The van der Waals surface area contributed by atoms with E-state index in [9.17, 15) is 20.0 Å². The number of aliphatic imine (C=N–C) groups is 1.